The molecular formula is C29H25N3O. The number of pyridine rings is 1. The van der Waals surface area contributed by atoms with E-state index >= 15 is 0 Å². The third kappa shape index (κ3) is 4.44. The maximum absolute atomic E-state index is 9.19. The highest BCUT2D eigenvalue weighted by Crippen LogP contribution is 2.37. The van der Waals surface area contributed by atoms with E-state index in [0.29, 0.717) is 5.56 Å². The Morgan fingerprint density at radius 3 is 2.27 bits per heavy atom. The fourth-order valence-corrected chi connectivity index (χ4v) is 4.33. The van der Waals surface area contributed by atoms with Crippen molar-refractivity contribution in [2.24, 2.45) is 0 Å². The average molecular weight is 432 g/mol. The Hall–Kier alpha value is -4.10. The number of rotatable bonds is 4. The number of aromatic nitrogens is 1. The van der Waals surface area contributed by atoms with Gasteiger partial charge in [0.2, 0.25) is 0 Å². The molecule has 33 heavy (non-hydrogen) atoms. The molecule has 3 aromatic carbocycles. The van der Waals surface area contributed by atoms with Crippen molar-refractivity contribution in [1.82, 2.24) is 4.98 Å². The second-order valence-corrected chi connectivity index (χ2v) is 8.36. The lowest BCUT2D eigenvalue weighted by atomic mass is 9.94. The van der Waals surface area contributed by atoms with Crippen LogP contribution in [0.15, 0.2) is 84.9 Å². The molecule has 0 spiro atoms. The number of para-hydroxylation sites is 1. The summed E-state index contributed by atoms with van der Waals surface area (Å²) in [7, 11) is 2.13. The molecule has 162 valence electrons. The Morgan fingerprint density at radius 2 is 1.55 bits per heavy atom. The summed E-state index contributed by atoms with van der Waals surface area (Å²) in [6, 6.07) is 30.1. The lowest BCUT2D eigenvalue weighted by Crippen LogP contribution is -2.19. The first-order valence-electron chi connectivity index (χ1n) is 11.3. The van der Waals surface area contributed by atoms with Gasteiger partial charge < -0.3 is 9.64 Å². The zero-order valence-corrected chi connectivity index (χ0v) is 18.7. The Bertz CT molecular complexity index is 1290. The van der Waals surface area contributed by atoms with Crippen molar-refractivity contribution in [3.63, 3.8) is 0 Å². The second-order valence-electron chi connectivity index (χ2n) is 8.36. The maximum Gasteiger partial charge on any atom is 0.132 e. The number of hydrogen-bond donors (Lipinski definition) is 0. The number of anilines is 1. The lowest BCUT2D eigenvalue weighted by molar-refractivity contribution is 0.483. The smallest absolute Gasteiger partial charge is 0.132 e. The van der Waals surface area contributed by atoms with Crippen molar-refractivity contribution in [2.75, 3.05) is 18.5 Å². The summed E-state index contributed by atoms with van der Waals surface area (Å²) in [4.78, 5) is 7.36. The Morgan fingerprint density at radius 1 is 0.848 bits per heavy atom. The molecule has 4 heteroatoms. The van der Waals surface area contributed by atoms with E-state index in [0.717, 1.165) is 59.9 Å². The van der Waals surface area contributed by atoms with E-state index in [1.54, 1.807) is 0 Å². The van der Waals surface area contributed by atoms with Crippen LogP contribution >= 0.6 is 0 Å². The molecule has 1 aliphatic heterocycles. The number of hydrogen-bond acceptors (Lipinski definition) is 4. The first kappa shape index (κ1) is 20.8. The molecule has 5 rings (SSSR count). The quantitative estimate of drug-likeness (QED) is 0.354. The zero-order chi connectivity index (χ0) is 22.6. The minimum Gasteiger partial charge on any atom is -0.457 e. The number of ether oxygens (including phenoxy) is 1. The lowest BCUT2D eigenvalue weighted by Gasteiger charge is -2.22. The molecule has 0 saturated heterocycles. The first-order chi connectivity index (χ1) is 16.2. The second kappa shape index (κ2) is 9.18. The van der Waals surface area contributed by atoms with Crippen LogP contribution in [0.5, 0.6) is 11.5 Å². The molecule has 0 unspecified atom stereocenters. The van der Waals surface area contributed by atoms with Crippen molar-refractivity contribution in [1.29, 1.82) is 5.26 Å². The number of nitrogens with zero attached hydrogens (tertiary/aromatic N) is 3. The van der Waals surface area contributed by atoms with Gasteiger partial charge in [-0.2, -0.15) is 5.26 Å². The molecule has 2 heterocycles. The zero-order valence-electron chi connectivity index (χ0n) is 18.7. The molecule has 0 aliphatic carbocycles. The highest BCUT2D eigenvalue weighted by molar-refractivity contribution is 5.79. The summed E-state index contributed by atoms with van der Waals surface area (Å²) in [5.41, 5.74) is 6.25. The van der Waals surface area contributed by atoms with Crippen molar-refractivity contribution < 1.29 is 4.74 Å². The Labute approximate surface area is 194 Å². The first-order valence-corrected chi connectivity index (χ1v) is 11.3. The van der Waals surface area contributed by atoms with Crippen molar-refractivity contribution >= 4 is 5.82 Å². The molecule has 1 aromatic heterocycles. The average Bonchev–Trinajstić information content (AvgIpc) is 3.06. The van der Waals surface area contributed by atoms with E-state index in [1.165, 1.54) is 11.1 Å². The molecule has 0 atom stereocenters. The van der Waals surface area contributed by atoms with Gasteiger partial charge in [-0.05, 0) is 85.0 Å². The minimum absolute atomic E-state index is 0.672. The Kier molecular flexibility index (Phi) is 5.78. The molecule has 0 saturated carbocycles. The van der Waals surface area contributed by atoms with E-state index < -0.39 is 0 Å². The van der Waals surface area contributed by atoms with Crippen LogP contribution in [-0.4, -0.2) is 18.6 Å². The Balaban J connectivity index is 1.55. The van der Waals surface area contributed by atoms with Gasteiger partial charge in [-0.3, -0.25) is 0 Å². The molecule has 4 nitrogen and oxygen atoms in total. The largest absolute Gasteiger partial charge is 0.457 e. The van der Waals surface area contributed by atoms with Crippen molar-refractivity contribution in [3.05, 3.63) is 96.1 Å². The van der Waals surface area contributed by atoms with Gasteiger partial charge in [0.1, 0.15) is 17.3 Å². The predicted octanol–water partition coefficient (Wildman–Crippen LogP) is 6.85. The van der Waals surface area contributed by atoms with Crippen molar-refractivity contribution in [2.45, 2.75) is 19.3 Å². The fraction of sp³-hybridized carbons (Fsp3) is 0.172. The molecule has 0 N–H and O–H groups in total. The van der Waals surface area contributed by atoms with E-state index in [4.69, 9.17) is 9.72 Å². The maximum atomic E-state index is 9.19. The van der Waals surface area contributed by atoms with E-state index in [1.807, 2.05) is 66.7 Å². The SMILES string of the molecule is CN1CCCCc2c(-c3ccc(C#N)cc3)cc(-c3ccc(Oc4ccccc4)cc3)nc21. The number of fused-ring (bicyclic) bond motifs is 1. The third-order valence-corrected chi connectivity index (χ3v) is 6.09. The van der Waals surface area contributed by atoms with Crippen molar-refractivity contribution in [3.8, 4) is 40.0 Å². The number of nitriles is 1. The van der Waals surface area contributed by atoms with Gasteiger partial charge in [-0.15, -0.1) is 0 Å². The standard InChI is InChI=1S/C29H25N3O/c1-32-18-6-5-9-26-27(22-12-10-21(20-30)11-13-22)19-28(31-29(26)32)23-14-16-25(17-15-23)33-24-7-3-2-4-8-24/h2-4,7-8,10-17,19H,5-6,9,18H2,1H3. The van der Waals surface area contributed by atoms with Crippen LogP contribution < -0.4 is 9.64 Å². The number of benzene rings is 3. The van der Waals surface area contributed by atoms with Crippen LogP contribution in [0.25, 0.3) is 22.4 Å². The van der Waals surface area contributed by atoms with Crippen LogP contribution in [0.3, 0.4) is 0 Å². The summed E-state index contributed by atoms with van der Waals surface area (Å²) in [6.07, 6.45) is 3.31. The minimum atomic E-state index is 0.672. The van der Waals surface area contributed by atoms with Gasteiger partial charge in [-0.1, -0.05) is 30.3 Å². The van der Waals surface area contributed by atoms with Gasteiger partial charge in [0, 0.05) is 24.7 Å². The van der Waals surface area contributed by atoms with E-state index in [9.17, 15) is 5.26 Å². The fourth-order valence-electron chi connectivity index (χ4n) is 4.33. The molecule has 0 bridgehead atoms. The molecule has 0 amide bonds. The summed E-state index contributed by atoms with van der Waals surface area (Å²) < 4.78 is 5.95. The summed E-state index contributed by atoms with van der Waals surface area (Å²) >= 11 is 0. The summed E-state index contributed by atoms with van der Waals surface area (Å²) in [5, 5.41) is 9.19. The van der Waals surface area contributed by atoms with Crippen LogP contribution in [0, 0.1) is 11.3 Å². The normalized spacial score (nSPS) is 13.0. The highest BCUT2D eigenvalue weighted by Gasteiger charge is 2.20. The van der Waals surface area contributed by atoms with Gasteiger partial charge >= 0.3 is 0 Å². The highest BCUT2D eigenvalue weighted by atomic mass is 16.5. The topological polar surface area (TPSA) is 49.2 Å². The third-order valence-electron chi connectivity index (χ3n) is 6.09. The van der Waals surface area contributed by atoms with Crippen LogP contribution in [0.1, 0.15) is 24.0 Å². The molecule has 1 aliphatic rings. The van der Waals surface area contributed by atoms with Gasteiger partial charge in [0.25, 0.3) is 0 Å². The summed E-state index contributed by atoms with van der Waals surface area (Å²) in [6.45, 7) is 1.00. The van der Waals surface area contributed by atoms with Crippen LogP contribution in [0.4, 0.5) is 5.82 Å². The van der Waals surface area contributed by atoms with Gasteiger partial charge in [-0.25, -0.2) is 4.98 Å². The molecule has 4 aromatic rings. The molecular weight excluding hydrogens is 406 g/mol. The van der Waals surface area contributed by atoms with Gasteiger partial charge in [0.05, 0.1) is 17.3 Å². The summed E-state index contributed by atoms with van der Waals surface area (Å²) in [5.74, 6) is 2.66. The molecule has 0 radical (unpaired) electrons. The van der Waals surface area contributed by atoms with Crippen LogP contribution in [-0.2, 0) is 6.42 Å². The van der Waals surface area contributed by atoms with Crippen LogP contribution in [0.2, 0.25) is 0 Å². The predicted molar refractivity (Wildman–Crippen MR) is 133 cm³/mol. The van der Waals surface area contributed by atoms with Gasteiger partial charge in [0.15, 0.2) is 0 Å². The van der Waals surface area contributed by atoms with E-state index in [-0.39, 0.29) is 0 Å². The monoisotopic (exact) mass is 431 g/mol. The molecule has 0 fully saturated rings. The van der Waals surface area contributed by atoms with E-state index in [2.05, 4.69) is 36.2 Å².